The molecule has 2 rings (SSSR count). The van der Waals surface area contributed by atoms with Gasteiger partial charge in [-0.25, -0.2) is 17.7 Å². The molecule has 1 N–H and O–H groups in total. The summed E-state index contributed by atoms with van der Waals surface area (Å²) in [7, 11) is 0.483. The van der Waals surface area contributed by atoms with E-state index < -0.39 is 15.9 Å². The van der Waals surface area contributed by atoms with Crippen LogP contribution in [0.2, 0.25) is 0 Å². The molecule has 0 fully saturated rings. The monoisotopic (exact) mass is 369 g/mol. The molecule has 0 saturated heterocycles. The lowest BCUT2D eigenvalue weighted by Crippen LogP contribution is -2.23. The molecule has 0 atom stereocenters. The number of amides is 1. The van der Waals surface area contributed by atoms with Crippen LogP contribution in [-0.4, -0.2) is 44.8 Å². The molecule has 1 aromatic carbocycles. The van der Waals surface area contributed by atoms with Crippen molar-refractivity contribution in [3.63, 3.8) is 0 Å². The third-order valence-corrected chi connectivity index (χ3v) is 6.26. The van der Waals surface area contributed by atoms with E-state index in [0.29, 0.717) is 5.13 Å². The molecular formula is C15H19N3O4S2. The number of nitrogens with one attached hydrogen (secondary N) is 1. The Labute approximate surface area is 145 Å². The molecule has 1 heterocycles. The second kappa shape index (κ2) is 6.88. The molecule has 0 unspecified atom stereocenters. The Morgan fingerprint density at radius 1 is 1.29 bits per heavy atom. The van der Waals surface area contributed by atoms with Crippen LogP contribution in [-0.2, 0) is 10.0 Å². The summed E-state index contributed by atoms with van der Waals surface area (Å²) in [5, 5.41) is 3.16. The van der Waals surface area contributed by atoms with Crippen molar-refractivity contribution in [3.8, 4) is 5.75 Å². The highest BCUT2D eigenvalue weighted by molar-refractivity contribution is 7.89. The van der Waals surface area contributed by atoms with Crippen molar-refractivity contribution in [1.29, 1.82) is 0 Å². The van der Waals surface area contributed by atoms with Gasteiger partial charge in [-0.3, -0.25) is 10.1 Å². The summed E-state index contributed by atoms with van der Waals surface area (Å²) in [6.07, 6.45) is 0. The van der Waals surface area contributed by atoms with Gasteiger partial charge in [-0.15, -0.1) is 11.3 Å². The average molecular weight is 369 g/mol. The predicted octanol–water partition coefficient (Wildman–Crippen LogP) is 2.27. The number of nitrogens with zero attached hydrogens (tertiary/aromatic N) is 2. The summed E-state index contributed by atoms with van der Waals surface area (Å²) in [4.78, 5) is 17.6. The molecule has 9 heteroatoms. The maximum Gasteiger partial charge on any atom is 0.257 e. The van der Waals surface area contributed by atoms with Gasteiger partial charge in [0.2, 0.25) is 10.0 Å². The molecule has 1 amide bonds. The van der Waals surface area contributed by atoms with Gasteiger partial charge < -0.3 is 4.74 Å². The zero-order valence-corrected chi connectivity index (χ0v) is 15.7. The van der Waals surface area contributed by atoms with E-state index in [2.05, 4.69) is 10.3 Å². The molecule has 1 aromatic heterocycles. The number of ether oxygens (including phenoxy) is 1. The Hall–Kier alpha value is -1.97. The van der Waals surface area contributed by atoms with Crippen molar-refractivity contribution in [2.24, 2.45) is 0 Å². The molecular weight excluding hydrogens is 350 g/mol. The molecule has 0 aliphatic carbocycles. The predicted molar refractivity (Wildman–Crippen MR) is 93.4 cm³/mol. The van der Waals surface area contributed by atoms with Gasteiger partial charge in [0.1, 0.15) is 10.6 Å². The number of aromatic nitrogens is 1. The van der Waals surface area contributed by atoms with Crippen LogP contribution in [0.3, 0.4) is 0 Å². The normalized spacial score (nSPS) is 11.6. The van der Waals surface area contributed by atoms with Crippen LogP contribution < -0.4 is 10.1 Å². The SMILES string of the molecule is COc1ccc(C(=O)Nc2nc(C)c(C)s2)cc1S(=O)(=O)N(C)C. The quantitative estimate of drug-likeness (QED) is 0.873. The number of rotatable bonds is 5. The Bertz CT molecular complexity index is 853. The number of thiazole rings is 1. The van der Waals surface area contributed by atoms with Gasteiger partial charge in [-0.05, 0) is 32.0 Å². The highest BCUT2D eigenvalue weighted by Gasteiger charge is 2.24. The molecule has 0 bridgehead atoms. The van der Waals surface area contributed by atoms with Gasteiger partial charge in [0.15, 0.2) is 5.13 Å². The Kier molecular flexibility index (Phi) is 5.26. The number of sulfonamides is 1. The second-order valence-electron chi connectivity index (χ2n) is 5.27. The average Bonchev–Trinajstić information content (AvgIpc) is 2.84. The first kappa shape index (κ1) is 18.4. The fourth-order valence-electron chi connectivity index (χ4n) is 1.91. The maximum absolute atomic E-state index is 12.4. The first-order valence-corrected chi connectivity index (χ1v) is 9.28. The Balaban J connectivity index is 2.39. The van der Waals surface area contributed by atoms with Crippen LogP contribution in [0, 0.1) is 13.8 Å². The number of benzene rings is 1. The van der Waals surface area contributed by atoms with Gasteiger partial charge in [-0.2, -0.15) is 0 Å². The van der Waals surface area contributed by atoms with Gasteiger partial charge in [0.25, 0.3) is 5.91 Å². The summed E-state index contributed by atoms with van der Waals surface area (Å²) in [6, 6.07) is 4.27. The Morgan fingerprint density at radius 3 is 2.46 bits per heavy atom. The summed E-state index contributed by atoms with van der Waals surface area (Å²) in [6.45, 7) is 3.77. The lowest BCUT2D eigenvalue weighted by atomic mass is 10.2. The zero-order valence-electron chi connectivity index (χ0n) is 14.1. The second-order valence-corrected chi connectivity index (χ2v) is 8.59. The highest BCUT2D eigenvalue weighted by Crippen LogP contribution is 2.28. The van der Waals surface area contributed by atoms with Crippen molar-refractivity contribution in [3.05, 3.63) is 34.3 Å². The van der Waals surface area contributed by atoms with Crippen LogP contribution in [0.15, 0.2) is 23.1 Å². The van der Waals surface area contributed by atoms with Crippen LogP contribution in [0.5, 0.6) is 5.75 Å². The minimum absolute atomic E-state index is 0.0610. The number of methoxy groups -OCH3 is 1. The highest BCUT2D eigenvalue weighted by atomic mass is 32.2. The summed E-state index contributed by atoms with van der Waals surface area (Å²) >= 11 is 1.37. The van der Waals surface area contributed by atoms with E-state index in [4.69, 9.17) is 4.74 Å². The number of hydrogen-bond donors (Lipinski definition) is 1. The summed E-state index contributed by atoms with van der Waals surface area (Å²) in [5.41, 5.74) is 1.06. The topological polar surface area (TPSA) is 88.6 Å². The number of aryl methyl sites for hydroxylation is 2. The van der Waals surface area contributed by atoms with Crippen LogP contribution in [0.1, 0.15) is 20.9 Å². The minimum atomic E-state index is -3.74. The lowest BCUT2D eigenvalue weighted by molar-refractivity contribution is 0.102. The third-order valence-electron chi connectivity index (χ3n) is 3.43. The molecule has 2 aromatic rings. The molecule has 0 aliphatic heterocycles. The summed E-state index contributed by atoms with van der Waals surface area (Å²) < 4.78 is 31.0. The smallest absolute Gasteiger partial charge is 0.257 e. The van der Waals surface area contributed by atoms with Crippen molar-refractivity contribution >= 4 is 32.4 Å². The van der Waals surface area contributed by atoms with E-state index in [1.807, 2.05) is 13.8 Å². The van der Waals surface area contributed by atoms with Crippen LogP contribution in [0.25, 0.3) is 0 Å². The standard InChI is InChI=1S/C15H19N3O4S2/c1-9-10(2)23-15(16-9)17-14(19)11-6-7-12(22-5)13(8-11)24(20,21)18(3)4/h6-8H,1-5H3,(H,16,17,19). The minimum Gasteiger partial charge on any atom is -0.495 e. The van der Waals surface area contributed by atoms with Gasteiger partial charge >= 0.3 is 0 Å². The van der Waals surface area contributed by atoms with E-state index in [1.165, 1.54) is 50.7 Å². The van der Waals surface area contributed by atoms with Gasteiger partial charge in [0, 0.05) is 24.5 Å². The zero-order chi connectivity index (χ0) is 18.1. The lowest BCUT2D eigenvalue weighted by Gasteiger charge is -2.15. The van der Waals surface area contributed by atoms with Crippen LogP contribution in [0.4, 0.5) is 5.13 Å². The number of carbonyl (C=O) groups is 1. The summed E-state index contributed by atoms with van der Waals surface area (Å²) in [5.74, 6) is -0.247. The number of hydrogen-bond acceptors (Lipinski definition) is 6. The van der Waals surface area contributed by atoms with Crippen molar-refractivity contribution < 1.29 is 17.9 Å². The van der Waals surface area contributed by atoms with Gasteiger partial charge in [-0.1, -0.05) is 0 Å². The molecule has 24 heavy (non-hydrogen) atoms. The fraction of sp³-hybridized carbons (Fsp3) is 0.333. The fourth-order valence-corrected chi connectivity index (χ4v) is 3.80. The molecule has 130 valence electrons. The molecule has 0 aliphatic rings. The van der Waals surface area contributed by atoms with E-state index in [-0.39, 0.29) is 16.2 Å². The first-order valence-electron chi connectivity index (χ1n) is 7.02. The maximum atomic E-state index is 12.4. The Morgan fingerprint density at radius 2 is 1.96 bits per heavy atom. The molecule has 0 radical (unpaired) electrons. The molecule has 0 spiro atoms. The van der Waals surface area contributed by atoms with Crippen LogP contribution >= 0.6 is 11.3 Å². The number of carbonyl (C=O) groups excluding carboxylic acids is 1. The van der Waals surface area contributed by atoms with Crippen molar-refractivity contribution in [2.75, 3.05) is 26.5 Å². The molecule has 0 saturated carbocycles. The third kappa shape index (κ3) is 3.58. The van der Waals surface area contributed by atoms with Gasteiger partial charge in [0.05, 0.1) is 12.8 Å². The largest absolute Gasteiger partial charge is 0.495 e. The van der Waals surface area contributed by atoms with E-state index in [1.54, 1.807) is 0 Å². The van der Waals surface area contributed by atoms with E-state index in [0.717, 1.165) is 14.9 Å². The van der Waals surface area contributed by atoms with Crippen molar-refractivity contribution in [2.45, 2.75) is 18.7 Å². The van der Waals surface area contributed by atoms with E-state index in [9.17, 15) is 13.2 Å². The van der Waals surface area contributed by atoms with E-state index >= 15 is 0 Å². The van der Waals surface area contributed by atoms with Crippen molar-refractivity contribution in [1.82, 2.24) is 9.29 Å². The first-order chi connectivity index (χ1) is 11.2. The molecule has 7 nitrogen and oxygen atoms in total. The number of anilines is 1.